The Bertz CT molecular complexity index is 1110. The fourth-order valence-electron chi connectivity index (χ4n) is 2.52. The number of aromatic carboxylic acids is 1. The van der Waals surface area contributed by atoms with E-state index in [-0.39, 0.29) is 28.5 Å². The minimum atomic E-state index is -4.66. The molecular formula is C20H12ClF5N2O2S. The molecule has 0 aliphatic heterocycles. The third-order valence-corrected chi connectivity index (χ3v) is 5.31. The van der Waals surface area contributed by atoms with Crippen LogP contribution in [0.15, 0.2) is 59.6 Å². The Balaban J connectivity index is 1.99. The summed E-state index contributed by atoms with van der Waals surface area (Å²) in [6.45, 7) is -0.285. The molecule has 0 aliphatic carbocycles. The quantitative estimate of drug-likeness (QED) is 0.329. The van der Waals surface area contributed by atoms with Gasteiger partial charge in [-0.15, -0.1) is 0 Å². The van der Waals surface area contributed by atoms with Crippen LogP contribution in [0.25, 0.3) is 0 Å². The van der Waals surface area contributed by atoms with E-state index in [2.05, 4.69) is 4.98 Å². The fraction of sp³-hybridized carbons (Fsp3) is 0.100. The number of halogens is 6. The maximum absolute atomic E-state index is 14.2. The molecule has 3 aromatic rings. The smallest absolute Gasteiger partial charge is 0.417 e. The van der Waals surface area contributed by atoms with Crippen molar-refractivity contribution in [2.45, 2.75) is 17.6 Å². The largest absolute Gasteiger partial charge is 0.478 e. The lowest BCUT2D eigenvalue weighted by molar-refractivity contribution is -0.137. The van der Waals surface area contributed by atoms with E-state index in [0.29, 0.717) is 17.2 Å². The van der Waals surface area contributed by atoms with Crippen LogP contribution in [-0.4, -0.2) is 16.1 Å². The standard InChI is InChI=1S/C20H12ClF5N2O2S/c21-16-8-13(20(24,25)26)9-27-18(16)28(10-12-7-14(22)3-6-17(12)23)31-15-4-1-11(2-5-15)19(29)30/h1-9H,10H2,(H,29,30). The van der Waals surface area contributed by atoms with Gasteiger partial charge in [-0.25, -0.2) is 18.6 Å². The predicted octanol–water partition coefficient (Wildman–Crippen LogP) is 6.44. The predicted molar refractivity (Wildman–Crippen MR) is 106 cm³/mol. The van der Waals surface area contributed by atoms with Crippen LogP contribution >= 0.6 is 23.5 Å². The topological polar surface area (TPSA) is 53.4 Å². The Morgan fingerprint density at radius 1 is 1.10 bits per heavy atom. The first-order valence-electron chi connectivity index (χ1n) is 8.50. The second kappa shape index (κ2) is 9.11. The number of carboxylic acid groups (broad SMARTS) is 1. The highest BCUT2D eigenvalue weighted by Crippen LogP contribution is 2.38. The van der Waals surface area contributed by atoms with Gasteiger partial charge in [-0.2, -0.15) is 13.2 Å². The number of hydrogen-bond acceptors (Lipinski definition) is 4. The van der Waals surface area contributed by atoms with Crippen LogP contribution < -0.4 is 4.31 Å². The Labute approximate surface area is 182 Å². The molecule has 0 saturated heterocycles. The summed E-state index contributed by atoms with van der Waals surface area (Å²) in [5.41, 5.74) is -1.11. The van der Waals surface area contributed by atoms with Gasteiger partial charge in [0.25, 0.3) is 0 Å². The number of alkyl halides is 3. The number of anilines is 1. The third-order valence-electron chi connectivity index (χ3n) is 4.02. The lowest BCUT2D eigenvalue weighted by Crippen LogP contribution is -2.18. The maximum atomic E-state index is 14.2. The van der Waals surface area contributed by atoms with Crippen molar-refractivity contribution in [3.05, 3.63) is 88.1 Å². The van der Waals surface area contributed by atoms with E-state index in [1.54, 1.807) is 0 Å². The second-order valence-electron chi connectivity index (χ2n) is 6.22. The van der Waals surface area contributed by atoms with Crippen LogP contribution in [0, 0.1) is 11.6 Å². The molecule has 1 heterocycles. The van der Waals surface area contributed by atoms with Gasteiger partial charge in [-0.05, 0) is 60.5 Å². The number of hydrogen-bond donors (Lipinski definition) is 1. The van der Waals surface area contributed by atoms with Gasteiger partial charge in [0, 0.05) is 16.7 Å². The normalized spacial score (nSPS) is 11.4. The van der Waals surface area contributed by atoms with Crippen molar-refractivity contribution in [3.63, 3.8) is 0 Å². The van der Waals surface area contributed by atoms with Gasteiger partial charge in [-0.1, -0.05) is 11.6 Å². The van der Waals surface area contributed by atoms with Crippen molar-refractivity contribution in [2.75, 3.05) is 4.31 Å². The van der Waals surface area contributed by atoms with Gasteiger partial charge in [0.1, 0.15) is 11.6 Å². The van der Waals surface area contributed by atoms with E-state index in [0.717, 1.165) is 30.1 Å². The fourth-order valence-corrected chi connectivity index (χ4v) is 3.79. The van der Waals surface area contributed by atoms with Crippen LogP contribution in [0.2, 0.25) is 5.02 Å². The molecule has 1 N–H and O–H groups in total. The highest BCUT2D eigenvalue weighted by atomic mass is 35.5. The number of pyridine rings is 1. The van der Waals surface area contributed by atoms with Gasteiger partial charge >= 0.3 is 12.1 Å². The molecule has 4 nitrogen and oxygen atoms in total. The van der Waals surface area contributed by atoms with Crippen LogP contribution in [0.4, 0.5) is 27.8 Å². The first-order chi connectivity index (χ1) is 14.5. The molecule has 162 valence electrons. The van der Waals surface area contributed by atoms with Crippen molar-refractivity contribution in [3.8, 4) is 0 Å². The summed E-state index contributed by atoms with van der Waals surface area (Å²) in [5.74, 6) is -2.66. The molecule has 0 unspecified atom stereocenters. The zero-order chi connectivity index (χ0) is 22.8. The second-order valence-corrected chi connectivity index (χ2v) is 7.72. The van der Waals surface area contributed by atoms with Crippen LogP contribution in [-0.2, 0) is 12.7 Å². The molecule has 0 atom stereocenters. The van der Waals surface area contributed by atoms with Crippen molar-refractivity contribution >= 4 is 35.3 Å². The highest BCUT2D eigenvalue weighted by Gasteiger charge is 2.32. The zero-order valence-electron chi connectivity index (χ0n) is 15.3. The van der Waals surface area contributed by atoms with Crippen molar-refractivity contribution in [1.29, 1.82) is 0 Å². The molecule has 0 saturated carbocycles. The van der Waals surface area contributed by atoms with Crippen molar-refractivity contribution in [2.24, 2.45) is 0 Å². The van der Waals surface area contributed by atoms with Crippen molar-refractivity contribution in [1.82, 2.24) is 4.98 Å². The van der Waals surface area contributed by atoms with E-state index < -0.39 is 29.3 Å². The Kier molecular flexibility index (Phi) is 6.71. The lowest BCUT2D eigenvalue weighted by Gasteiger charge is -2.24. The molecule has 3 rings (SSSR count). The number of nitrogens with zero attached hydrogens (tertiary/aromatic N) is 2. The summed E-state index contributed by atoms with van der Waals surface area (Å²) >= 11 is 6.96. The number of carbonyl (C=O) groups is 1. The average molecular weight is 475 g/mol. The Morgan fingerprint density at radius 2 is 1.77 bits per heavy atom. The van der Waals surface area contributed by atoms with Crippen LogP contribution in [0.5, 0.6) is 0 Å². The number of rotatable bonds is 6. The minimum absolute atomic E-state index is 0.0257. The number of aromatic nitrogens is 1. The average Bonchev–Trinajstić information content (AvgIpc) is 2.70. The highest BCUT2D eigenvalue weighted by molar-refractivity contribution is 8.00. The molecule has 31 heavy (non-hydrogen) atoms. The van der Waals surface area contributed by atoms with Crippen molar-refractivity contribution < 1.29 is 31.9 Å². The van der Waals surface area contributed by atoms with E-state index >= 15 is 0 Å². The summed E-state index contributed by atoms with van der Waals surface area (Å²) in [6, 6.07) is 9.07. The maximum Gasteiger partial charge on any atom is 0.417 e. The Hall–Kier alpha value is -2.85. The van der Waals surface area contributed by atoms with E-state index in [9.17, 15) is 26.7 Å². The molecule has 2 aromatic carbocycles. The molecule has 0 fully saturated rings. The molecule has 1 aromatic heterocycles. The van der Waals surface area contributed by atoms with Gasteiger partial charge in [-0.3, -0.25) is 4.31 Å². The van der Waals surface area contributed by atoms with Gasteiger partial charge in [0.05, 0.1) is 22.7 Å². The summed E-state index contributed by atoms with van der Waals surface area (Å²) < 4.78 is 67.9. The molecule has 0 aliphatic rings. The van der Waals surface area contributed by atoms with Crippen LogP contribution in [0.3, 0.4) is 0 Å². The third kappa shape index (κ3) is 5.65. The van der Waals surface area contributed by atoms with Gasteiger partial charge < -0.3 is 5.11 Å². The SMILES string of the molecule is O=C(O)c1ccc(SN(Cc2cc(F)ccc2F)c2ncc(C(F)(F)F)cc2Cl)cc1. The summed E-state index contributed by atoms with van der Waals surface area (Å²) in [5, 5.41) is 8.66. The van der Waals surface area contributed by atoms with Gasteiger partial charge in [0.15, 0.2) is 5.82 Å². The monoisotopic (exact) mass is 474 g/mol. The Morgan fingerprint density at radius 3 is 2.35 bits per heavy atom. The van der Waals surface area contributed by atoms with E-state index in [1.807, 2.05) is 0 Å². The summed E-state index contributed by atoms with van der Waals surface area (Å²) in [6.07, 6.45) is -4.07. The van der Waals surface area contributed by atoms with Gasteiger partial charge in [0.2, 0.25) is 0 Å². The van der Waals surface area contributed by atoms with E-state index in [4.69, 9.17) is 16.7 Å². The first kappa shape index (κ1) is 22.8. The molecule has 0 amide bonds. The summed E-state index contributed by atoms with van der Waals surface area (Å²) in [4.78, 5) is 15.3. The minimum Gasteiger partial charge on any atom is -0.478 e. The molecule has 11 heteroatoms. The van der Waals surface area contributed by atoms with Crippen LogP contribution in [0.1, 0.15) is 21.5 Å². The zero-order valence-corrected chi connectivity index (χ0v) is 16.9. The molecule has 0 spiro atoms. The first-order valence-corrected chi connectivity index (χ1v) is 9.65. The number of carboxylic acids is 1. The lowest BCUT2D eigenvalue weighted by atomic mass is 10.2. The van der Waals surface area contributed by atoms with E-state index in [1.165, 1.54) is 28.6 Å². The molecule has 0 radical (unpaired) electrons. The molecule has 0 bridgehead atoms. The number of benzene rings is 2. The molecular weight excluding hydrogens is 463 g/mol. The summed E-state index contributed by atoms with van der Waals surface area (Å²) in [7, 11) is 0.